The van der Waals surface area contributed by atoms with Gasteiger partial charge in [0.05, 0.1) is 25.1 Å². The lowest BCUT2D eigenvalue weighted by atomic mass is 9.68. The molecule has 38 heavy (non-hydrogen) atoms. The van der Waals surface area contributed by atoms with E-state index in [0.717, 1.165) is 24.0 Å². The fourth-order valence-corrected chi connectivity index (χ4v) is 6.88. The van der Waals surface area contributed by atoms with Gasteiger partial charge in [-0.1, -0.05) is 30.3 Å². The van der Waals surface area contributed by atoms with Gasteiger partial charge in [0.25, 0.3) is 5.69 Å². The van der Waals surface area contributed by atoms with E-state index < -0.39 is 16.4 Å². The van der Waals surface area contributed by atoms with Crippen LogP contribution in [0.4, 0.5) is 11.4 Å². The van der Waals surface area contributed by atoms with E-state index in [1.54, 1.807) is 30.3 Å². The number of benzene rings is 3. The van der Waals surface area contributed by atoms with Gasteiger partial charge in [0.2, 0.25) is 5.91 Å². The predicted octanol–water partition coefficient (Wildman–Crippen LogP) is 4.52. The van der Waals surface area contributed by atoms with Gasteiger partial charge in [0.1, 0.15) is 5.54 Å². The summed E-state index contributed by atoms with van der Waals surface area (Å²) in [6.07, 6.45) is 1.71. The predicted molar refractivity (Wildman–Crippen MR) is 140 cm³/mol. The molecule has 3 heterocycles. The van der Waals surface area contributed by atoms with Crippen LogP contribution in [-0.2, 0) is 10.3 Å². The number of ether oxygens (including phenoxy) is 2. The molecule has 3 aliphatic heterocycles. The van der Waals surface area contributed by atoms with Gasteiger partial charge < -0.3 is 14.8 Å². The first-order valence-corrected chi connectivity index (χ1v) is 12.6. The van der Waals surface area contributed by atoms with Gasteiger partial charge >= 0.3 is 0 Å². The van der Waals surface area contributed by atoms with Crippen molar-refractivity contribution < 1.29 is 24.0 Å². The molecule has 1 amide bonds. The topological polar surface area (TPSA) is 111 Å². The minimum Gasteiger partial charge on any atom is -0.493 e. The SMILES string of the molecule is COc1ccc(C(=O)C2C(c3ccc([N+](=O)[O-])cc3)C3CCCN3[C@@]23C(=O)Nc2ccccc23)cc1OC. The number of hydrogen-bond acceptors (Lipinski definition) is 7. The first-order valence-electron chi connectivity index (χ1n) is 12.6. The fourth-order valence-electron chi connectivity index (χ4n) is 6.88. The van der Waals surface area contributed by atoms with Gasteiger partial charge in [-0.05, 0) is 49.2 Å². The van der Waals surface area contributed by atoms with Crippen molar-refractivity contribution in [2.45, 2.75) is 30.3 Å². The largest absolute Gasteiger partial charge is 0.493 e. The Hall–Kier alpha value is -4.24. The Morgan fingerprint density at radius 3 is 2.50 bits per heavy atom. The van der Waals surface area contributed by atoms with Crippen molar-refractivity contribution in [1.29, 1.82) is 0 Å². The van der Waals surface area contributed by atoms with E-state index in [9.17, 15) is 19.7 Å². The third-order valence-corrected chi connectivity index (χ3v) is 8.35. The zero-order chi connectivity index (χ0) is 26.6. The van der Waals surface area contributed by atoms with Crippen LogP contribution in [-0.4, -0.2) is 48.3 Å². The molecular formula is C29H27N3O6. The van der Waals surface area contributed by atoms with Crippen molar-refractivity contribution in [3.05, 3.63) is 93.5 Å². The summed E-state index contributed by atoms with van der Waals surface area (Å²) < 4.78 is 10.8. The summed E-state index contributed by atoms with van der Waals surface area (Å²) >= 11 is 0. The van der Waals surface area contributed by atoms with Crippen LogP contribution in [0.5, 0.6) is 11.5 Å². The van der Waals surface area contributed by atoms with E-state index in [4.69, 9.17) is 9.47 Å². The highest BCUT2D eigenvalue weighted by Gasteiger charge is 2.69. The molecule has 9 nitrogen and oxygen atoms in total. The van der Waals surface area contributed by atoms with Gasteiger partial charge in [-0.25, -0.2) is 0 Å². The number of rotatable bonds is 6. The minimum atomic E-state index is -1.20. The molecule has 194 valence electrons. The number of para-hydroxylation sites is 1. The zero-order valence-corrected chi connectivity index (χ0v) is 21.0. The molecule has 0 aromatic heterocycles. The van der Waals surface area contributed by atoms with Crippen LogP contribution in [0, 0.1) is 16.0 Å². The minimum absolute atomic E-state index is 0.0172. The van der Waals surface area contributed by atoms with E-state index in [1.807, 2.05) is 24.3 Å². The number of nitro groups is 1. The summed E-state index contributed by atoms with van der Waals surface area (Å²) in [5.74, 6) is -0.591. The van der Waals surface area contributed by atoms with E-state index in [0.29, 0.717) is 29.3 Å². The number of fused-ring (bicyclic) bond motifs is 4. The molecule has 3 aliphatic rings. The quantitative estimate of drug-likeness (QED) is 0.293. The Morgan fingerprint density at radius 2 is 1.79 bits per heavy atom. The smallest absolute Gasteiger partial charge is 0.269 e. The summed E-state index contributed by atoms with van der Waals surface area (Å²) in [5, 5.41) is 14.4. The molecule has 3 aromatic carbocycles. The molecule has 3 aromatic rings. The van der Waals surface area contributed by atoms with Crippen LogP contribution >= 0.6 is 0 Å². The van der Waals surface area contributed by atoms with Crippen molar-refractivity contribution in [3.8, 4) is 11.5 Å². The monoisotopic (exact) mass is 513 g/mol. The molecule has 2 fully saturated rings. The number of methoxy groups -OCH3 is 2. The maximum absolute atomic E-state index is 14.6. The van der Waals surface area contributed by atoms with E-state index >= 15 is 0 Å². The molecule has 6 rings (SSSR count). The molecule has 4 atom stereocenters. The summed E-state index contributed by atoms with van der Waals surface area (Å²) in [6, 6.07) is 18.9. The third-order valence-electron chi connectivity index (χ3n) is 8.35. The second-order valence-electron chi connectivity index (χ2n) is 9.96. The number of nitrogens with zero attached hydrogens (tertiary/aromatic N) is 2. The van der Waals surface area contributed by atoms with Gasteiger partial charge in [0, 0.05) is 40.9 Å². The molecule has 3 unspecified atom stereocenters. The molecular weight excluding hydrogens is 486 g/mol. The van der Waals surface area contributed by atoms with Crippen LogP contribution < -0.4 is 14.8 Å². The molecule has 0 aliphatic carbocycles. The standard InChI is InChI=1S/C29H27N3O6/c1-37-23-14-11-18(16-24(23)38-2)27(33)26-25(17-9-12-19(13-10-17)32(35)36)22-8-5-15-31(22)29(26)20-6-3-4-7-21(20)30-28(29)34/h3-4,6-7,9-14,16,22,25-26H,5,8,15H2,1-2H3,(H,30,34)/t22?,25?,26?,29-/m1/s1. The first-order chi connectivity index (χ1) is 18.4. The van der Waals surface area contributed by atoms with Crippen molar-refractivity contribution in [1.82, 2.24) is 4.90 Å². The van der Waals surface area contributed by atoms with E-state index in [1.165, 1.54) is 26.4 Å². The normalized spacial score (nSPS) is 25.6. The number of carbonyl (C=O) groups excluding carboxylic acids is 2. The Labute approximate surface area is 219 Å². The third kappa shape index (κ3) is 3.28. The van der Waals surface area contributed by atoms with Crippen molar-refractivity contribution in [2.75, 3.05) is 26.1 Å². The Bertz CT molecular complexity index is 1450. The summed E-state index contributed by atoms with van der Waals surface area (Å²) in [7, 11) is 3.05. The maximum atomic E-state index is 14.6. The van der Waals surface area contributed by atoms with Crippen LogP contribution in [0.15, 0.2) is 66.7 Å². The average molecular weight is 514 g/mol. The number of non-ortho nitro benzene ring substituents is 1. The van der Waals surface area contributed by atoms with Gasteiger partial charge in [-0.3, -0.25) is 24.6 Å². The van der Waals surface area contributed by atoms with Crippen molar-refractivity contribution >= 4 is 23.1 Å². The number of Topliss-reactive ketones (excluding diaryl/α,β-unsaturated/α-hetero) is 1. The Balaban J connectivity index is 1.57. The van der Waals surface area contributed by atoms with E-state index in [-0.39, 0.29) is 29.3 Å². The van der Waals surface area contributed by atoms with Crippen LogP contribution in [0.25, 0.3) is 0 Å². The molecule has 0 bridgehead atoms. The summed E-state index contributed by atoms with van der Waals surface area (Å²) in [5.41, 5.74) is 1.50. The highest BCUT2D eigenvalue weighted by atomic mass is 16.6. The van der Waals surface area contributed by atoms with Crippen LogP contribution in [0.2, 0.25) is 0 Å². The van der Waals surface area contributed by atoms with Crippen LogP contribution in [0.3, 0.4) is 0 Å². The summed E-state index contributed by atoms with van der Waals surface area (Å²) in [6.45, 7) is 0.672. The Kier molecular flexibility index (Phi) is 5.68. The number of carbonyl (C=O) groups is 2. The number of nitrogens with one attached hydrogen (secondary N) is 1. The number of nitro benzene ring substituents is 1. The molecule has 1 spiro atoms. The van der Waals surface area contributed by atoms with Gasteiger partial charge in [-0.15, -0.1) is 0 Å². The lowest BCUT2D eigenvalue weighted by Gasteiger charge is -2.37. The molecule has 1 N–H and O–H groups in total. The molecule has 0 radical (unpaired) electrons. The fraction of sp³-hybridized carbons (Fsp3) is 0.310. The lowest BCUT2D eigenvalue weighted by molar-refractivity contribution is -0.384. The average Bonchev–Trinajstić information content (AvgIpc) is 3.60. The van der Waals surface area contributed by atoms with Gasteiger partial charge in [0.15, 0.2) is 17.3 Å². The number of anilines is 1. The van der Waals surface area contributed by atoms with E-state index in [2.05, 4.69) is 10.2 Å². The lowest BCUT2D eigenvalue weighted by Crippen LogP contribution is -2.52. The second-order valence-corrected chi connectivity index (χ2v) is 9.96. The van der Waals surface area contributed by atoms with Crippen molar-refractivity contribution in [2.24, 2.45) is 5.92 Å². The second kappa shape index (κ2) is 8.95. The Morgan fingerprint density at radius 1 is 1.05 bits per heavy atom. The first kappa shape index (κ1) is 24.1. The molecule has 2 saturated heterocycles. The number of ketones is 1. The molecule has 9 heteroatoms. The van der Waals surface area contributed by atoms with Crippen molar-refractivity contribution in [3.63, 3.8) is 0 Å². The summed E-state index contributed by atoms with van der Waals surface area (Å²) in [4.78, 5) is 41.8. The van der Waals surface area contributed by atoms with Gasteiger partial charge in [-0.2, -0.15) is 0 Å². The maximum Gasteiger partial charge on any atom is 0.269 e. The van der Waals surface area contributed by atoms with Crippen LogP contribution in [0.1, 0.15) is 40.2 Å². The number of amides is 1. The highest BCUT2D eigenvalue weighted by molar-refractivity contribution is 6.12. The zero-order valence-electron chi connectivity index (χ0n) is 21.0. The highest BCUT2D eigenvalue weighted by Crippen LogP contribution is 2.61. The number of hydrogen-bond donors (Lipinski definition) is 1. The molecule has 0 saturated carbocycles.